The number of rotatable bonds is 3. The van der Waals surface area contributed by atoms with E-state index in [9.17, 15) is 4.39 Å². The van der Waals surface area contributed by atoms with Crippen molar-refractivity contribution in [3.05, 3.63) is 35.1 Å². The van der Waals surface area contributed by atoms with E-state index in [1.807, 2.05) is 6.07 Å². The van der Waals surface area contributed by atoms with E-state index >= 15 is 0 Å². The average molecular weight is 181 g/mol. The van der Waals surface area contributed by atoms with Crippen molar-refractivity contribution in [3.8, 4) is 0 Å². The molecule has 2 N–H and O–H groups in total. The highest BCUT2D eigenvalue weighted by atomic mass is 19.1. The van der Waals surface area contributed by atoms with Crippen LogP contribution in [0.25, 0.3) is 0 Å². The molecule has 0 saturated carbocycles. The van der Waals surface area contributed by atoms with Crippen molar-refractivity contribution in [1.82, 2.24) is 0 Å². The molecule has 1 unspecified atom stereocenters. The monoisotopic (exact) mass is 181 g/mol. The van der Waals surface area contributed by atoms with Crippen molar-refractivity contribution in [2.45, 2.75) is 32.7 Å². The minimum Gasteiger partial charge on any atom is -0.327 e. The van der Waals surface area contributed by atoms with Crippen LogP contribution in [0, 0.1) is 12.7 Å². The third-order valence-electron chi connectivity index (χ3n) is 2.24. The van der Waals surface area contributed by atoms with Gasteiger partial charge in [0.2, 0.25) is 0 Å². The molecule has 1 rings (SSSR count). The topological polar surface area (TPSA) is 26.0 Å². The molecule has 0 aromatic heterocycles. The molecule has 72 valence electrons. The fourth-order valence-corrected chi connectivity index (χ4v) is 1.28. The fourth-order valence-electron chi connectivity index (χ4n) is 1.28. The van der Waals surface area contributed by atoms with Crippen LogP contribution in [-0.2, 0) is 6.42 Å². The van der Waals surface area contributed by atoms with Gasteiger partial charge in [-0.3, -0.25) is 0 Å². The molecule has 0 aliphatic carbocycles. The third-order valence-corrected chi connectivity index (χ3v) is 2.24. The molecule has 0 heterocycles. The van der Waals surface area contributed by atoms with E-state index < -0.39 is 0 Å². The Hall–Kier alpha value is -0.890. The lowest BCUT2D eigenvalue weighted by Gasteiger charge is -2.09. The van der Waals surface area contributed by atoms with E-state index in [4.69, 9.17) is 5.73 Å². The van der Waals surface area contributed by atoms with E-state index in [0.29, 0.717) is 5.56 Å². The zero-order chi connectivity index (χ0) is 9.84. The molecular weight excluding hydrogens is 165 g/mol. The van der Waals surface area contributed by atoms with E-state index in [2.05, 4.69) is 6.92 Å². The first kappa shape index (κ1) is 10.2. The number of hydrogen-bond donors (Lipinski definition) is 1. The van der Waals surface area contributed by atoms with Crippen LogP contribution >= 0.6 is 0 Å². The van der Waals surface area contributed by atoms with Gasteiger partial charge in [0.1, 0.15) is 5.82 Å². The van der Waals surface area contributed by atoms with Crippen LogP contribution in [0.3, 0.4) is 0 Å². The molecule has 0 fully saturated rings. The summed E-state index contributed by atoms with van der Waals surface area (Å²) < 4.78 is 12.9. The molecule has 1 nitrogen and oxygen atoms in total. The number of aryl methyl sites for hydroxylation is 1. The van der Waals surface area contributed by atoms with Crippen LogP contribution < -0.4 is 5.73 Å². The van der Waals surface area contributed by atoms with Crippen LogP contribution in [0.1, 0.15) is 24.5 Å². The molecule has 0 aliphatic heterocycles. The lowest BCUT2D eigenvalue weighted by molar-refractivity contribution is 0.613. The van der Waals surface area contributed by atoms with Gasteiger partial charge in [-0.2, -0.15) is 0 Å². The van der Waals surface area contributed by atoms with Gasteiger partial charge in [-0.15, -0.1) is 0 Å². The Labute approximate surface area is 78.8 Å². The highest BCUT2D eigenvalue weighted by molar-refractivity contribution is 5.24. The van der Waals surface area contributed by atoms with E-state index in [1.54, 1.807) is 13.0 Å². The normalized spacial score (nSPS) is 12.9. The van der Waals surface area contributed by atoms with Crippen LogP contribution in [-0.4, -0.2) is 6.04 Å². The molecule has 2 heteroatoms. The average Bonchev–Trinajstić information content (AvgIpc) is 2.11. The number of halogens is 1. The predicted molar refractivity (Wildman–Crippen MR) is 53.1 cm³/mol. The Bertz CT molecular complexity index is 283. The molecule has 0 aliphatic rings. The Morgan fingerprint density at radius 3 is 2.69 bits per heavy atom. The number of hydrogen-bond acceptors (Lipinski definition) is 1. The van der Waals surface area contributed by atoms with Gasteiger partial charge in [0.15, 0.2) is 0 Å². The van der Waals surface area contributed by atoms with Gasteiger partial charge in [0, 0.05) is 6.04 Å². The zero-order valence-electron chi connectivity index (χ0n) is 8.18. The molecule has 0 saturated heterocycles. The summed E-state index contributed by atoms with van der Waals surface area (Å²) in [5.74, 6) is -0.145. The molecule has 1 atom stereocenters. The Kier molecular flexibility index (Phi) is 3.43. The molecule has 1 aromatic carbocycles. The summed E-state index contributed by atoms with van der Waals surface area (Å²) >= 11 is 0. The van der Waals surface area contributed by atoms with Crippen LogP contribution in [0.5, 0.6) is 0 Å². The first-order valence-electron chi connectivity index (χ1n) is 4.64. The zero-order valence-corrected chi connectivity index (χ0v) is 8.18. The quantitative estimate of drug-likeness (QED) is 0.761. The molecule has 1 aromatic rings. The van der Waals surface area contributed by atoms with E-state index in [-0.39, 0.29) is 11.9 Å². The predicted octanol–water partition coefficient (Wildman–Crippen LogP) is 2.41. The molecule has 0 spiro atoms. The second-order valence-corrected chi connectivity index (χ2v) is 3.46. The lowest BCUT2D eigenvalue weighted by atomic mass is 10.0. The Morgan fingerprint density at radius 2 is 2.15 bits per heavy atom. The Morgan fingerprint density at radius 1 is 1.46 bits per heavy atom. The smallest absolute Gasteiger partial charge is 0.126 e. The maximum Gasteiger partial charge on any atom is 0.126 e. The highest BCUT2D eigenvalue weighted by Gasteiger charge is 2.03. The maximum atomic E-state index is 12.9. The van der Waals surface area contributed by atoms with Crippen LogP contribution in [0.15, 0.2) is 18.2 Å². The molecule has 0 radical (unpaired) electrons. The molecular formula is C11H16FN. The summed E-state index contributed by atoms with van der Waals surface area (Å²) in [4.78, 5) is 0. The summed E-state index contributed by atoms with van der Waals surface area (Å²) in [5, 5.41) is 0. The number of benzene rings is 1. The second-order valence-electron chi connectivity index (χ2n) is 3.46. The van der Waals surface area contributed by atoms with Gasteiger partial charge in [-0.05, 0) is 37.0 Å². The second kappa shape index (κ2) is 4.38. The fraction of sp³-hybridized carbons (Fsp3) is 0.455. The molecule has 0 amide bonds. The van der Waals surface area contributed by atoms with Crippen LogP contribution in [0.2, 0.25) is 0 Å². The van der Waals surface area contributed by atoms with Crippen molar-refractivity contribution in [2.24, 2.45) is 5.73 Å². The largest absolute Gasteiger partial charge is 0.327 e. The first-order chi connectivity index (χ1) is 6.13. The van der Waals surface area contributed by atoms with Gasteiger partial charge >= 0.3 is 0 Å². The van der Waals surface area contributed by atoms with E-state index in [1.165, 1.54) is 6.07 Å². The standard InChI is InChI=1S/C11H16FN/c1-3-10(13)7-9-4-5-11(12)8(2)6-9/h4-6,10H,3,7,13H2,1-2H3. The minimum absolute atomic E-state index is 0.145. The Balaban J connectivity index is 2.73. The van der Waals surface area contributed by atoms with Crippen molar-refractivity contribution in [3.63, 3.8) is 0 Å². The SMILES string of the molecule is CCC(N)Cc1ccc(F)c(C)c1. The molecule has 13 heavy (non-hydrogen) atoms. The summed E-state index contributed by atoms with van der Waals surface area (Å²) in [7, 11) is 0. The van der Waals surface area contributed by atoms with Gasteiger partial charge < -0.3 is 5.73 Å². The summed E-state index contributed by atoms with van der Waals surface area (Å²) in [5.41, 5.74) is 7.61. The summed E-state index contributed by atoms with van der Waals surface area (Å²) in [6, 6.07) is 5.36. The lowest BCUT2D eigenvalue weighted by Crippen LogP contribution is -2.21. The van der Waals surface area contributed by atoms with Crippen molar-refractivity contribution >= 4 is 0 Å². The summed E-state index contributed by atoms with van der Waals surface area (Å²) in [6.45, 7) is 3.83. The van der Waals surface area contributed by atoms with Crippen molar-refractivity contribution in [1.29, 1.82) is 0 Å². The van der Waals surface area contributed by atoms with Gasteiger partial charge in [0.25, 0.3) is 0 Å². The van der Waals surface area contributed by atoms with Crippen LogP contribution in [0.4, 0.5) is 4.39 Å². The van der Waals surface area contributed by atoms with E-state index in [0.717, 1.165) is 18.4 Å². The van der Waals surface area contributed by atoms with Gasteiger partial charge in [-0.25, -0.2) is 4.39 Å². The maximum absolute atomic E-state index is 12.9. The van der Waals surface area contributed by atoms with Crippen molar-refractivity contribution in [2.75, 3.05) is 0 Å². The summed E-state index contributed by atoms with van der Waals surface area (Å²) in [6.07, 6.45) is 1.79. The minimum atomic E-state index is -0.145. The van der Waals surface area contributed by atoms with Gasteiger partial charge in [-0.1, -0.05) is 19.1 Å². The van der Waals surface area contributed by atoms with Gasteiger partial charge in [0.05, 0.1) is 0 Å². The third kappa shape index (κ3) is 2.81. The van der Waals surface area contributed by atoms with Crippen molar-refractivity contribution < 1.29 is 4.39 Å². The highest BCUT2D eigenvalue weighted by Crippen LogP contribution is 2.11. The molecule has 0 bridgehead atoms. The number of nitrogens with two attached hydrogens (primary N) is 1. The first-order valence-corrected chi connectivity index (χ1v) is 4.64.